The third kappa shape index (κ3) is 3.10. The van der Waals surface area contributed by atoms with Crippen LogP contribution in [0.25, 0.3) is 0 Å². The van der Waals surface area contributed by atoms with Crippen molar-refractivity contribution < 1.29 is 0 Å². The van der Waals surface area contributed by atoms with Crippen molar-refractivity contribution in [3.8, 4) is 0 Å². The van der Waals surface area contributed by atoms with Crippen LogP contribution < -0.4 is 5.32 Å². The molecule has 78 valence electrons. The van der Waals surface area contributed by atoms with E-state index in [1.165, 1.54) is 0 Å². The van der Waals surface area contributed by atoms with Gasteiger partial charge in [0.15, 0.2) is 0 Å². The van der Waals surface area contributed by atoms with Crippen LogP contribution in [0.2, 0.25) is 5.28 Å². The minimum absolute atomic E-state index is 0.252. The molecule has 0 aliphatic rings. The van der Waals surface area contributed by atoms with E-state index in [0.29, 0.717) is 5.95 Å². The van der Waals surface area contributed by atoms with E-state index in [4.69, 9.17) is 11.6 Å². The van der Waals surface area contributed by atoms with Crippen molar-refractivity contribution in [3.63, 3.8) is 0 Å². The second-order valence-corrected chi connectivity index (χ2v) is 3.71. The van der Waals surface area contributed by atoms with Gasteiger partial charge in [0.1, 0.15) is 5.82 Å². The number of rotatable bonds is 4. The molecule has 0 radical (unpaired) electrons. The van der Waals surface area contributed by atoms with Crippen molar-refractivity contribution >= 4 is 17.5 Å². The molecule has 0 fully saturated rings. The third-order valence-corrected chi connectivity index (χ3v) is 1.84. The van der Waals surface area contributed by atoms with Gasteiger partial charge in [0.25, 0.3) is 0 Å². The van der Waals surface area contributed by atoms with Crippen LogP contribution >= 0.6 is 11.6 Å². The van der Waals surface area contributed by atoms with Crippen LogP contribution in [-0.2, 0) is 0 Å². The molecule has 14 heavy (non-hydrogen) atoms. The normalized spacial score (nSPS) is 10.6. The highest BCUT2D eigenvalue weighted by atomic mass is 35.5. The summed E-state index contributed by atoms with van der Waals surface area (Å²) in [6, 6.07) is 0. The van der Waals surface area contributed by atoms with E-state index in [2.05, 4.69) is 27.2 Å². The molecule has 0 spiro atoms. The van der Waals surface area contributed by atoms with E-state index in [1.54, 1.807) is 0 Å². The van der Waals surface area contributed by atoms with Gasteiger partial charge in [-0.3, -0.25) is 0 Å². The zero-order valence-electron chi connectivity index (χ0n) is 8.71. The lowest BCUT2D eigenvalue weighted by Gasteiger charge is -2.07. The zero-order chi connectivity index (χ0) is 10.6. The van der Waals surface area contributed by atoms with Gasteiger partial charge >= 0.3 is 0 Å². The molecule has 4 nitrogen and oxygen atoms in total. The highest BCUT2D eigenvalue weighted by molar-refractivity contribution is 6.28. The van der Waals surface area contributed by atoms with Crippen molar-refractivity contribution in [1.29, 1.82) is 0 Å². The molecule has 0 amide bonds. The Labute approximate surface area is 89.1 Å². The highest BCUT2D eigenvalue weighted by Gasteiger charge is 2.07. The maximum absolute atomic E-state index is 5.77. The van der Waals surface area contributed by atoms with Crippen molar-refractivity contribution in [2.75, 3.05) is 11.9 Å². The molecule has 0 aromatic carbocycles. The predicted molar refractivity (Wildman–Crippen MR) is 57.7 cm³/mol. The Kier molecular flexibility index (Phi) is 4.07. The first-order valence-electron chi connectivity index (χ1n) is 4.78. The number of nitrogens with one attached hydrogen (secondary N) is 1. The topological polar surface area (TPSA) is 50.7 Å². The van der Waals surface area contributed by atoms with Crippen LogP contribution in [0.15, 0.2) is 0 Å². The summed E-state index contributed by atoms with van der Waals surface area (Å²) < 4.78 is 0. The molecular weight excluding hydrogens is 200 g/mol. The van der Waals surface area contributed by atoms with Gasteiger partial charge in [-0.05, 0) is 18.0 Å². The summed E-state index contributed by atoms with van der Waals surface area (Å²) in [6.45, 7) is 6.97. The van der Waals surface area contributed by atoms with Crippen LogP contribution in [0.4, 0.5) is 5.95 Å². The average Bonchev–Trinajstić information content (AvgIpc) is 2.14. The summed E-state index contributed by atoms with van der Waals surface area (Å²) in [5.74, 6) is 1.55. The molecule has 1 aromatic heterocycles. The number of nitrogens with zero attached hydrogens (tertiary/aromatic N) is 3. The van der Waals surface area contributed by atoms with Gasteiger partial charge < -0.3 is 5.32 Å². The molecule has 0 bridgehead atoms. The van der Waals surface area contributed by atoms with E-state index >= 15 is 0 Å². The summed E-state index contributed by atoms with van der Waals surface area (Å²) in [6.07, 6.45) is 1.03. The van der Waals surface area contributed by atoms with Crippen LogP contribution in [0.5, 0.6) is 0 Å². The first-order valence-corrected chi connectivity index (χ1v) is 5.16. The van der Waals surface area contributed by atoms with Crippen LogP contribution in [0.3, 0.4) is 0 Å². The van der Waals surface area contributed by atoms with Gasteiger partial charge in [0.2, 0.25) is 11.2 Å². The van der Waals surface area contributed by atoms with E-state index in [-0.39, 0.29) is 11.2 Å². The van der Waals surface area contributed by atoms with Crippen molar-refractivity contribution in [2.45, 2.75) is 33.1 Å². The fraction of sp³-hybridized carbons (Fsp3) is 0.667. The van der Waals surface area contributed by atoms with E-state index < -0.39 is 0 Å². The monoisotopic (exact) mass is 214 g/mol. The van der Waals surface area contributed by atoms with E-state index in [9.17, 15) is 0 Å². The Morgan fingerprint density at radius 2 is 2.00 bits per heavy atom. The van der Waals surface area contributed by atoms with Gasteiger partial charge in [-0.25, -0.2) is 4.98 Å². The number of aromatic nitrogens is 3. The fourth-order valence-electron chi connectivity index (χ4n) is 0.939. The maximum atomic E-state index is 5.77. The molecular formula is C9H15ClN4. The van der Waals surface area contributed by atoms with E-state index in [1.807, 2.05) is 13.8 Å². The fourth-order valence-corrected chi connectivity index (χ4v) is 1.11. The minimum atomic E-state index is 0.252. The van der Waals surface area contributed by atoms with Gasteiger partial charge in [0, 0.05) is 12.5 Å². The first-order chi connectivity index (χ1) is 6.63. The number of anilines is 1. The smallest absolute Gasteiger partial charge is 0.227 e. The molecule has 1 N–H and O–H groups in total. The third-order valence-electron chi connectivity index (χ3n) is 1.67. The van der Waals surface area contributed by atoms with Crippen molar-refractivity contribution in [1.82, 2.24) is 15.0 Å². The lowest BCUT2D eigenvalue weighted by molar-refractivity contribution is 0.759. The summed E-state index contributed by atoms with van der Waals surface area (Å²) >= 11 is 5.77. The summed E-state index contributed by atoms with van der Waals surface area (Å²) in [5.41, 5.74) is 0. The molecule has 0 unspecified atom stereocenters. The Morgan fingerprint density at radius 1 is 1.29 bits per heavy atom. The minimum Gasteiger partial charge on any atom is -0.354 e. The van der Waals surface area contributed by atoms with Crippen LogP contribution in [-0.4, -0.2) is 21.5 Å². The Balaban J connectivity index is 2.84. The largest absolute Gasteiger partial charge is 0.354 e. The highest BCUT2D eigenvalue weighted by Crippen LogP contribution is 2.13. The SMILES string of the molecule is CCCNc1nc(Cl)nc(C(C)C)n1. The average molecular weight is 215 g/mol. The molecule has 0 aliphatic heterocycles. The van der Waals surface area contributed by atoms with Crippen LogP contribution in [0.1, 0.15) is 38.9 Å². The lowest BCUT2D eigenvalue weighted by atomic mass is 10.2. The molecule has 0 saturated carbocycles. The predicted octanol–water partition coefficient (Wildman–Crippen LogP) is 2.47. The number of hydrogen-bond donors (Lipinski definition) is 1. The second kappa shape index (κ2) is 5.10. The van der Waals surface area contributed by atoms with Crippen molar-refractivity contribution in [3.05, 3.63) is 11.1 Å². The molecule has 5 heteroatoms. The summed E-state index contributed by atoms with van der Waals surface area (Å²) in [5, 5.41) is 3.34. The van der Waals surface area contributed by atoms with Gasteiger partial charge in [-0.1, -0.05) is 20.8 Å². The van der Waals surface area contributed by atoms with Gasteiger partial charge in [0.05, 0.1) is 0 Å². The quantitative estimate of drug-likeness (QED) is 0.837. The van der Waals surface area contributed by atoms with Gasteiger partial charge in [-0.15, -0.1) is 0 Å². The Morgan fingerprint density at radius 3 is 2.57 bits per heavy atom. The van der Waals surface area contributed by atoms with Crippen LogP contribution in [0, 0.1) is 0 Å². The summed E-state index contributed by atoms with van der Waals surface area (Å²) in [4.78, 5) is 12.3. The molecule has 1 heterocycles. The second-order valence-electron chi connectivity index (χ2n) is 3.37. The molecule has 1 aromatic rings. The van der Waals surface area contributed by atoms with Gasteiger partial charge in [-0.2, -0.15) is 9.97 Å². The number of hydrogen-bond acceptors (Lipinski definition) is 4. The maximum Gasteiger partial charge on any atom is 0.227 e. The number of halogens is 1. The standard InChI is InChI=1S/C9H15ClN4/c1-4-5-11-9-13-7(6(2)3)12-8(10)14-9/h6H,4-5H2,1-3H3,(H,11,12,13,14). The molecule has 0 saturated heterocycles. The molecule has 1 rings (SSSR count). The summed E-state index contributed by atoms with van der Waals surface area (Å²) in [7, 11) is 0. The Bertz CT molecular complexity index is 301. The lowest BCUT2D eigenvalue weighted by Crippen LogP contribution is -2.08. The van der Waals surface area contributed by atoms with E-state index in [0.717, 1.165) is 18.8 Å². The van der Waals surface area contributed by atoms with Crippen molar-refractivity contribution in [2.24, 2.45) is 0 Å². The molecule has 0 atom stereocenters. The Hall–Kier alpha value is -0.900. The molecule has 0 aliphatic carbocycles. The first kappa shape index (κ1) is 11.2. The zero-order valence-corrected chi connectivity index (χ0v) is 9.47.